The second-order valence-electron chi connectivity index (χ2n) is 9.12. The smallest absolute Gasteiger partial charge is 0.310 e. The zero-order chi connectivity index (χ0) is 21.6. The van der Waals surface area contributed by atoms with E-state index in [1.807, 2.05) is 39.8 Å². The van der Waals surface area contributed by atoms with Crippen LogP contribution in [0.15, 0.2) is 0 Å². The van der Waals surface area contributed by atoms with Crippen molar-refractivity contribution in [1.82, 2.24) is 4.90 Å². The first-order valence-corrected chi connectivity index (χ1v) is 11.8. The van der Waals surface area contributed by atoms with Gasteiger partial charge in [-0.05, 0) is 27.4 Å². The number of aliphatic hydroxyl groups excluding tert-OH is 1. The number of unbranched alkanes of at least 4 members (excludes halogenated alkanes) is 10. The van der Waals surface area contributed by atoms with Gasteiger partial charge in [0.1, 0.15) is 6.10 Å². The van der Waals surface area contributed by atoms with Crippen LogP contribution >= 0.6 is 0 Å². The summed E-state index contributed by atoms with van der Waals surface area (Å²) >= 11 is 0. The molecule has 0 aromatic heterocycles. The van der Waals surface area contributed by atoms with Crippen molar-refractivity contribution < 1.29 is 14.6 Å². The minimum atomic E-state index is -0.970. The largest absolute Gasteiger partial charge is 0.440 e. The maximum Gasteiger partial charge on any atom is 0.310 e. The van der Waals surface area contributed by atoms with Gasteiger partial charge in [-0.1, -0.05) is 98.3 Å². The van der Waals surface area contributed by atoms with Crippen LogP contribution in [0.25, 0.3) is 0 Å². The molecule has 1 N–H and O–H groups in total. The standard InChI is InChI=1S/C24H49NO3/c1-8-9-10-11-12-13-14-15-16-17-18-19-21(4)23(27)28-24(20(2)3,22(5)26)25(6)7/h20-22,26H,8-19H2,1-7H3. The Bertz CT molecular complexity index is 372. The van der Waals surface area contributed by atoms with E-state index in [0.29, 0.717) is 0 Å². The molecule has 0 aromatic rings. The van der Waals surface area contributed by atoms with Crippen molar-refractivity contribution in [2.24, 2.45) is 11.8 Å². The Kier molecular flexibility index (Phi) is 14.9. The molecule has 28 heavy (non-hydrogen) atoms. The van der Waals surface area contributed by atoms with Gasteiger partial charge in [-0.25, -0.2) is 0 Å². The number of esters is 1. The van der Waals surface area contributed by atoms with Crippen LogP contribution in [0.2, 0.25) is 0 Å². The molecule has 0 saturated heterocycles. The maximum absolute atomic E-state index is 12.6. The van der Waals surface area contributed by atoms with E-state index in [2.05, 4.69) is 6.92 Å². The van der Waals surface area contributed by atoms with Gasteiger partial charge in [0, 0.05) is 5.92 Å². The van der Waals surface area contributed by atoms with Gasteiger partial charge in [-0.15, -0.1) is 0 Å². The van der Waals surface area contributed by atoms with Crippen LogP contribution in [0.1, 0.15) is 112 Å². The highest BCUT2D eigenvalue weighted by Crippen LogP contribution is 2.30. The first kappa shape index (κ1) is 27.4. The summed E-state index contributed by atoms with van der Waals surface area (Å²) in [6, 6.07) is 0. The van der Waals surface area contributed by atoms with E-state index >= 15 is 0 Å². The van der Waals surface area contributed by atoms with Crippen LogP contribution < -0.4 is 0 Å². The molecule has 0 radical (unpaired) electrons. The van der Waals surface area contributed by atoms with Gasteiger partial charge < -0.3 is 9.84 Å². The Morgan fingerprint density at radius 2 is 1.29 bits per heavy atom. The van der Waals surface area contributed by atoms with Gasteiger partial charge in [-0.2, -0.15) is 0 Å². The Morgan fingerprint density at radius 3 is 1.64 bits per heavy atom. The lowest BCUT2D eigenvalue weighted by Gasteiger charge is -2.44. The van der Waals surface area contributed by atoms with Crippen molar-refractivity contribution in [3.8, 4) is 0 Å². The third-order valence-electron chi connectivity index (χ3n) is 6.03. The predicted octanol–water partition coefficient (Wildman–Crippen LogP) is 6.16. The van der Waals surface area contributed by atoms with Crippen molar-refractivity contribution in [2.75, 3.05) is 14.1 Å². The minimum absolute atomic E-state index is 0.000576. The van der Waals surface area contributed by atoms with Gasteiger partial charge in [0.05, 0.1) is 5.92 Å². The molecular formula is C24H49NO3. The van der Waals surface area contributed by atoms with Gasteiger partial charge in [0.2, 0.25) is 0 Å². The summed E-state index contributed by atoms with van der Waals surface area (Å²) in [7, 11) is 3.71. The van der Waals surface area contributed by atoms with Crippen molar-refractivity contribution in [3.05, 3.63) is 0 Å². The van der Waals surface area contributed by atoms with E-state index in [9.17, 15) is 9.90 Å². The quantitative estimate of drug-likeness (QED) is 0.181. The highest BCUT2D eigenvalue weighted by atomic mass is 16.6. The molecular weight excluding hydrogens is 350 g/mol. The lowest BCUT2D eigenvalue weighted by atomic mass is 9.92. The fourth-order valence-electron chi connectivity index (χ4n) is 4.16. The number of carbonyl (C=O) groups excluding carboxylic acids is 1. The Balaban J connectivity index is 4.06. The molecule has 0 bridgehead atoms. The Labute approximate surface area is 175 Å². The molecule has 3 atom stereocenters. The van der Waals surface area contributed by atoms with Gasteiger partial charge >= 0.3 is 5.97 Å². The zero-order valence-electron chi connectivity index (χ0n) is 19.9. The van der Waals surface area contributed by atoms with Crippen molar-refractivity contribution in [1.29, 1.82) is 0 Å². The van der Waals surface area contributed by atoms with Crippen molar-refractivity contribution in [2.45, 2.75) is 123 Å². The number of aliphatic hydroxyl groups is 1. The number of ether oxygens (including phenoxy) is 1. The van der Waals surface area contributed by atoms with Crippen LogP contribution in [-0.2, 0) is 9.53 Å². The van der Waals surface area contributed by atoms with E-state index < -0.39 is 11.8 Å². The maximum atomic E-state index is 12.6. The Morgan fingerprint density at radius 1 is 0.857 bits per heavy atom. The Hall–Kier alpha value is -0.610. The summed E-state index contributed by atoms with van der Waals surface area (Å²) in [6.45, 7) is 9.86. The molecule has 4 nitrogen and oxygen atoms in total. The topological polar surface area (TPSA) is 49.8 Å². The molecule has 0 heterocycles. The van der Waals surface area contributed by atoms with E-state index in [4.69, 9.17) is 4.74 Å². The molecule has 0 fully saturated rings. The highest BCUT2D eigenvalue weighted by molar-refractivity contribution is 5.72. The third kappa shape index (κ3) is 9.73. The molecule has 0 aliphatic heterocycles. The van der Waals surface area contributed by atoms with Crippen LogP contribution in [0.5, 0.6) is 0 Å². The van der Waals surface area contributed by atoms with Gasteiger partial charge in [-0.3, -0.25) is 9.69 Å². The molecule has 0 spiro atoms. The summed E-state index contributed by atoms with van der Waals surface area (Å²) in [4.78, 5) is 14.5. The van der Waals surface area contributed by atoms with Crippen LogP contribution in [0.3, 0.4) is 0 Å². The summed E-state index contributed by atoms with van der Waals surface area (Å²) in [5.41, 5.74) is -0.970. The van der Waals surface area contributed by atoms with Crippen molar-refractivity contribution in [3.63, 3.8) is 0 Å². The second kappa shape index (κ2) is 15.3. The lowest BCUT2D eigenvalue weighted by molar-refractivity contribution is -0.224. The first-order valence-electron chi connectivity index (χ1n) is 11.8. The summed E-state index contributed by atoms with van der Waals surface area (Å²) < 4.78 is 5.87. The molecule has 3 unspecified atom stereocenters. The molecule has 0 aliphatic carbocycles. The van der Waals surface area contributed by atoms with E-state index in [1.165, 1.54) is 64.2 Å². The molecule has 0 aromatic carbocycles. The summed E-state index contributed by atoms with van der Waals surface area (Å²) in [5, 5.41) is 10.3. The predicted molar refractivity (Wildman–Crippen MR) is 119 cm³/mol. The van der Waals surface area contributed by atoms with E-state index in [1.54, 1.807) is 6.92 Å². The zero-order valence-corrected chi connectivity index (χ0v) is 19.9. The molecule has 0 saturated carbocycles. The first-order chi connectivity index (χ1) is 13.2. The summed E-state index contributed by atoms with van der Waals surface area (Å²) in [6.07, 6.45) is 14.5. The summed E-state index contributed by atoms with van der Waals surface area (Å²) in [5.74, 6) is -0.327. The average molecular weight is 400 g/mol. The molecule has 4 heteroatoms. The van der Waals surface area contributed by atoms with E-state index in [-0.39, 0.29) is 17.8 Å². The SMILES string of the molecule is CCCCCCCCCCCCCC(C)C(=O)OC(C(C)C)(C(C)O)N(C)C. The van der Waals surface area contributed by atoms with Crippen molar-refractivity contribution >= 4 is 5.97 Å². The molecule has 0 rings (SSSR count). The number of hydrogen-bond acceptors (Lipinski definition) is 4. The van der Waals surface area contributed by atoms with Gasteiger partial charge in [0.25, 0.3) is 0 Å². The molecule has 168 valence electrons. The monoisotopic (exact) mass is 399 g/mol. The average Bonchev–Trinajstić information content (AvgIpc) is 2.62. The normalized spacial score (nSPS) is 16.2. The number of likely N-dealkylation sites (N-methyl/N-ethyl adjacent to an activating group) is 1. The van der Waals surface area contributed by atoms with Gasteiger partial charge in [0.15, 0.2) is 5.72 Å². The number of carbonyl (C=O) groups is 1. The fraction of sp³-hybridized carbons (Fsp3) is 0.958. The third-order valence-corrected chi connectivity index (χ3v) is 6.03. The number of rotatable bonds is 17. The number of hydrogen-bond donors (Lipinski definition) is 1. The minimum Gasteiger partial charge on any atom is -0.440 e. The lowest BCUT2D eigenvalue weighted by Crippen LogP contribution is -2.59. The molecule has 0 aliphatic rings. The fourth-order valence-corrected chi connectivity index (χ4v) is 4.16. The molecule has 0 amide bonds. The van der Waals surface area contributed by atoms with Crippen LogP contribution in [0.4, 0.5) is 0 Å². The second-order valence-corrected chi connectivity index (χ2v) is 9.12. The number of nitrogens with zero attached hydrogens (tertiary/aromatic N) is 1. The van der Waals surface area contributed by atoms with Crippen LogP contribution in [-0.4, -0.2) is 41.9 Å². The van der Waals surface area contributed by atoms with Crippen LogP contribution in [0, 0.1) is 11.8 Å². The van der Waals surface area contributed by atoms with E-state index in [0.717, 1.165) is 12.8 Å². The highest BCUT2D eigenvalue weighted by Gasteiger charge is 2.45.